The maximum atomic E-state index is 13.4. The molecule has 0 radical (unpaired) electrons. The van der Waals surface area contributed by atoms with Gasteiger partial charge in [-0.25, -0.2) is 9.40 Å². The van der Waals surface area contributed by atoms with E-state index in [1.165, 1.54) is 17.1 Å². The number of amides is 1. The highest BCUT2D eigenvalue weighted by atomic mass is 35.5. The fourth-order valence-electron chi connectivity index (χ4n) is 4.46. The number of esters is 1. The summed E-state index contributed by atoms with van der Waals surface area (Å²) < 4.78 is 18.6. The highest BCUT2D eigenvalue weighted by Gasteiger charge is 2.36. The summed E-state index contributed by atoms with van der Waals surface area (Å²) in [5.74, 6) is -0.917. The molecule has 2 aliphatic rings. The van der Waals surface area contributed by atoms with Crippen LogP contribution in [-0.4, -0.2) is 53.7 Å². The van der Waals surface area contributed by atoms with Crippen LogP contribution >= 0.6 is 11.6 Å². The van der Waals surface area contributed by atoms with E-state index in [9.17, 15) is 14.0 Å². The number of nitrogens with zero attached hydrogens (tertiary/aromatic N) is 3. The molecule has 2 aliphatic heterocycles. The van der Waals surface area contributed by atoms with Crippen molar-refractivity contribution >= 4 is 29.2 Å². The van der Waals surface area contributed by atoms with Gasteiger partial charge in [0.15, 0.2) is 0 Å². The van der Waals surface area contributed by atoms with Crippen LogP contribution in [0.4, 0.5) is 4.39 Å². The lowest BCUT2D eigenvalue weighted by Crippen LogP contribution is -2.44. The van der Waals surface area contributed by atoms with Gasteiger partial charge in [0.05, 0.1) is 30.8 Å². The molecule has 0 saturated carbocycles. The van der Waals surface area contributed by atoms with Crippen molar-refractivity contribution in [2.45, 2.75) is 32.2 Å². The Bertz CT molecular complexity index is 1040. The smallest absolute Gasteiger partial charge is 0.310 e. The van der Waals surface area contributed by atoms with E-state index in [4.69, 9.17) is 16.3 Å². The van der Waals surface area contributed by atoms with Crippen molar-refractivity contribution in [1.29, 1.82) is 0 Å². The summed E-state index contributed by atoms with van der Waals surface area (Å²) >= 11 is 6.46. The Hall–Kier alpha value is -2.77. The van der Waals surface area contributed by atoms with Crippen molar-refractivity contribution in [2.24, 2.45) is 11.0 Å². The summed E-state index contributed by atoms with van der Waals surface area (Å²) in [7, 11) is 0. The van der Waals surface area contributed by atoms with Gasteiger partial charge in [-0.1, -0.05) is 41.9 Å². The van der Waals surface area contributed by atoms with Crippen LogP contribution in [0.25, 0.3) is 0 Å². The Kier molecular flexibility index (Phi) is 7.40. The van der Waals surface area contributed by atoms with Crippen LogP contribution in [0.3, 0.4) is 0 Å². The lowest BCUT2D eigenvalue weighted by molar-refractivity contribution is -0.150. The Balaban J connectivity index is 1.55. The summed E-state index contributed by atoms with van der Waals surface area (Å²) in [4.78, 5) is 27.6. The Morgan fingerprint density at radius 2 is 1.94 bits per heavy atom. The van der Waals surface area contributed by atoms with Gasteiger partial charge in [0.1, 0.15) is 5.82 Å². The molecule has 0 aliphatic carbocycles. The lowest BCUT2D eigenvalue weighted by Gasteiger charge is -2.32. The topological polar surface area (TPSA) is 62.2 Å². The molecule has 0 bridgehead atoms. The molecule has 0 N–H and O–H groups in total. The van der Waals surface area contributed by atoms with Gasteiger partial charge in [0.25, 0.3) is 5.91 Å². The summed E-state index contributed by atoms with van der Waals surface area (Å²) in [5, 5.41) is 6.70. The van der Waals surface area contributed by atoms with Crippen molar-refractivity contribution in [2.75, 3.05) is 26.2 Å². The van der Waals surface area contributed by atoms with Crippen LogP contribution in [0.5, 0.6) is 0 Å². The number of carbonyl (C=O) groups excluding carboxylic acids is 2. The van der Waals surface area contributed by atoms with Crippen molar-refractivity contribution in [1.82, 2.24) is 9.91 Å². The number of rotatable bonds is 6. The van der Waals surface area contributed by atoms with Crippen LogP contribution in [-0.2, 0) is 14.3 Å². The van der Waals surface area contributed by atoms with Crippen molar-refractivity contribution in [3.8, 4) is 0 Å². The third kappa shape index (κ3) is 5.42. The van der Waals surface area contributed by atoms with E-state index < -0.39 is 0 Å². The van der Waals surface area contributed by atoms with Gasteiger partial charge in [0.2, 0.25) is 0 Å². The highest BCUT2D eigenvalue weighted by molar-refractivity contribution is 6.31. The molecule has 2 atom stereocenters. The predicted molar refractivity (Wildman–Crippen MR) is 124 cm³/mol. The molecule has 1 fully saturated rings. The molecule has 0 unspecified atom stereocenters. The molecular weight excluding hydrogens is 445 g/mol. The van der Waals surface area contributed by atoms with E-state index in [1.54, 1.807) is 25.1 Å². The standard InChI is InChI=1S/C25H27ClFN3O3/c1-2-33-25(32)18-6-5-13-29(15-18)16-24(31)30-23(20-7-3-4-8-21(20)26)14-22(28-30)17-9-11-19(27)12-10-17/h3-4,7-12,18,23H,2,5-6,13-16H2,1H3/t18-,23+/m0/s1. The largest absolute Gasteiger partial charge is 0.466 e. The molecule has 0 spiro atoms. The maximum absolute atomic E-state index is 13.4. The monoisotopic (exact) mass is 471 g/mol. The minimum atomic E-state index is -0.350. The number of piperidine rings is 1. The predicted octanol–water partition coefficient (Wildman–Crippen LogP) is 4.43. The fraction of sp³-hybridized carbons (Fsp3) is 0.400. The number of hydrogen-bond acceptors (Lipinski definition) is 5. The van der Waals surface area contributed by atoms with Crippen LogP contribution in [0, 0.1) is 11.7 Å². The molecule has 33 heavy (non-hydrogen) atoms. The summed E-state index contributed by atoms with van der Waals surface area (Å²) in [6.07, 6.45) is 2.07. The SMILES string of the molecule is CCOC(=O)[C@H]1CCCN(CC(=O)N2N=C(c3ccc(F)cc3)C[C@@H]2c2ccccc2Cl)C1. The van der Waals surface area contributed by atoms with E-state index in [1.807, 2.05) is 23.1 Å². The first-order valence-electron chi connectivity index (χ1n) is 11.2. The summed E-state index contributed by atoms with van der Waals surface area (Å²) in [6.45, 7) is 3.52. The van der Waals surface area contributed by atoms with Crippen molar-refractivity contribution < 1.29 is 18.7 Å². The molecular formula is C25H27ClFN3O3. The first-order chi connectivity index (χ1) is 16.0. The molecule has 4 rings (SSSR count). The average Bonchev–Trinajstić information content (AvgIpc) is 3.25. The fourth-order valence-corrected chi connectivity index (χ4v) is 4.72. The van der Waals surface area contributed by atoms with E-state index in [0.717, 1.165) is 30.5 Å². The average molecular weight is 472 g/mol. The van der Waals surface area contributed by atoms with Crippen LogP contribution in [0.2, 0.25) is 5.02 Å². The molecule has 1 saturated heterocycles. The quantitative estimate of drug-likeness (QED) is 0.585. The third-order valence-electron chi connectivity index (χ3n) is 6.09. The first kappa shape index (κ1) is 23.4. The Labute approximate surface area is 198 Å². The van der Waals surface area contributed by atoms with Crippen molar-refractivity contribution in [3.63, 3.8) is 0 Å². The summed E-state index contributed by atoms with van der Waals surface area (Å²) in [5.41, 5.74) is 2.29. The molecule has 2 heterocycles. The summed E-state index contributed by atoms with van der Waals surface area (Å²) in [6, 6.07) is 13.2. The number of likely N-dealkylation sites (tertiary alicyclic amines) is 1. The molecule has 8 heteroatoms. The van der Waals surface area contributed by atoms with E-state index in [0.29, 0.717) is 30.3 Å². The minimum absolute atomic E-state index is 0.150. The second-order valence-corrected chi connectivity index (χ2v) is 8.77. The maximum Gasteiger partial charge on any atom is 0.310 e. The minimum Gasteiger partial charge on any atom is -0.466 e. The van der Waals surface area contributed by atoms with E-state index in [2.05, 4.69) is 5.10 Å². The van der Waals surface area contributed by atoms with Gasteiger partial charge in [-0.05, 0) is 55.6 Å². The van der Waals surface area contributed by atoms with E-state index in [-0.39, 0.29) is 36.2 Å². The second kappa shape index (κ2) is 10.4. The number of hydrogen-bond donors (Lipinski definition) is 0. The number of benzene rings is 2. The number of ether oxygens (including phenoxy) is 1. The molecule has 1 amide bonds. The molecule has 6 nitrogen and oxygen atoms in total. The zero-order valence-corrected chi connectivity index (χ0v) is 19.3. The molecule has 2 aromatic carbocycles. The highest BCUT2D eigenvalue weighted by Crippen LogP contribution is 2.36. The number of halogens is 2. The number of carbonyl (C=O) groups is 2. The van der Waals surface area contributed by atoms with Gasteiger partial charge in [-0.15, -0.1) is 0 Å². The molecule has 174 valence electrons. The molecule has 2 aromatic rings. The zero-order chi connectivity index (χ0) is 23.4. The Morgan fingerprint density at radius 3 is 2.67 bits per heavy atom. The normalized spacial score (nSPS) is 21.1. The Morgan fingerprint density at radius 1 is 1.18 bits per heavy atom. The van der Waals surface area contributed by atoms with Gasteiger partial charge in [0, 0.05) is 18.0 Å². The van der Waals surface area contributed by atoms with Crippen molar-refractivity contribution in [3.05, 3.63) is 70.5 Å². The van der Waals surface area contributed by atoms with Crippen LogP contribution < -0.4 is 0 Å². The van der Waals surface area contributed by atoms with Gasteiger partial charge in [-0.2, -0.15) is 5.10 Å². The van der Waals surface area contributed by atoms with Gasteiger partial charge < -0.3 is 4.74 Å². The zero-order valence-electron chi connectivity index (χ0n) is 18.5. The van der Waals surface area contributed by atoms with Crippen LogP contribution in [0.1, 0.15) is 43.4 Å². The van der Waals surface area contributed by atoms with E-state index >= 15 is 0 Å². The van der Waals surface area contributed by atoms with Gasteiger partial charge in [-0.3, -0.25) is 14.5 Å². The van der Waals surface area contributed by atoms with Crippen LogP contribution in [0.15, 0.2) is 53.6 Å². The first-order valence-corrected chi connectivity index (χ1v) is 11.6. The lowest BCUT2D eigenvalue weighted by atomic mass is 9.97. The number of hydrazone groups is 1. The third-order valence-corrected chi connectivity index (χ3v) is 6.44. The van der Waals surface area contributed by atoms with Gasteiger partial charge >= 0.3 is 5.97 Å². The second-order valence-electron chi connectivity index (χ2n) is 8.36. The molecule has 0 aromatic heterocycles.